The van der Waals surface area contributed by atoms with E-state index in [1.165, 1.54) is 0 Å². The highest BCUT2D eigenvalue weighted by Crippen LogP contribution is 2.05. The first-order chi connectivity index (χ1) is 6.22. The molecule has 4 heteroatoms. The van der Waals surface area contributed by atoms with Gasteiger partial charge in [0.05, 0.1) is 6.61 Å². The highest BCUT2D eigenvalue weighted by Gasteiger charge is 2.00. The van der Waals surface area contributed by atoms with Crippen LogP contribution in [-0.2, 0) is 17.9 Å². The Morgan fingerprint density at radius 1 is 1.31 bits per heavy atom. The lowest BCUT2D eigenvalue weighted by Crippen LogP contribution is -1.98. The van der Waals surface area contributed by atoms with Crippen LogP contribution in [0.1, 0.15) is 11.1 Å². The third-order valence-electron chi connectivity index (χ3n) is 1.65. The van der Waals surface area contributed by atoms with Crippen LogP contribution in [0.4, 0.5) is 0 Å². The van der Waals surface area contributed by atoms with Crippen molar-refractivity contribution < 1.29 is 9.66 Å². The topological polar surface area (TPSA) is 52.4 Å². The quantitative estimate of drug-likeness (QED) is 0.523. The van der Waals surface area contributed by atoms with Crippen molar-refractivity contribution in [3.05, 3.63) is 45.5 Å². The molecule has 0 saturated heterocycles. The van der Waals surface area contributed by atoms with Gasteiger partial charge in [-0.1, -0.05) is 24.3 Å². The van der Waals surface area contributed by atoms with Crippen molar-refractivity contribution in [2.24, 2.45) is 0 Å². The van der Waals surface area contributed by atoms with Gasteiger partial charge in [-0.15, -0.1) is 0 Å². The number of hydrogen-bond donors (Lipinski definition) is 0. The van der Waals surface area contributed by atoms with Crippen molar-refractivity contribution in [3.8, 4) is 0 Å². The first kappa shape index (κ1) is 9.67. The highest BCUT2D eigenvalue weighted by atomic mass is 16.6. The second-order valence-corrected chi connectivity index (χ2v) is 2.74. The summed E-state index contributed by atoms with van der Waals surface area (Å²) in [5.74, 6) is 0. The summed E-state index contributed by atoms with van der Waals surface area (Å²) in [5.41, 5.74) is 1.74. The first-order valence-corrected chi connectivity index (χ1v) is 3.91. The molecule has 0 saturated carbocycles. The highest BCUT2D eigenvalue weighted by molar-refractivity contribution is 5.21. The van der Waals surface area contributed by atoms with Crippen LogP contribution < -0.4 is 0 Å². The molecule has 0 aliphatic rings. The minimum Gasteiger partial charge on any atom is -0.380 e. The summed E-state index contributed by atoms with van der Waals surface area (Å²) in [4.78, 5) is 9.82. The SMILES string of the molecule is COCc1ccc(C[N+](=O)[O-])cc1. The minimum absolute atomic E-state index is 0.118. The lowest BCUT2D eigenvalue weighted by Gasteiger charge is -1.99. The summed E-state index contributed by atoms with van der Waals surface area (Å²) in [7, 11) is 1.62. The largest absolute Gasteiger partial charge is 0.380 e. The standard InChI is InChI=1S/C9H11NO3/c1-13-7-9-4-2-8(3-5-9)6-10(11)12/h2-5H,6-7H2,1H3. The molecule has 0 atom stereocenters. The fraction of sp³-hybridized carbons (Fsp3) is 0.333. The van der Waals surface area contributed by atoms with Gasteiger partial charge in [-0.2, -0.15) is 0 Å². The van der Waals surface area contributed by atoms with Crippen LogP contribution in [0.5, 0.6) is 0 Å². The Balaban J connectivity index is 2.64. The lowest BCUT2D eigenvalue weighted by atomic mass is 10.1. The summed E-state index contributed by atoms with van der Waals surface area (Å²) in [6, 6.07) is 7.17. The Kier molecular flexibility index (Phi) is 3.40. The molecule has 0 aromatic heterocycles. The maximum absolute atomic E-state index is 10.2. The molecule has 0 N–H and O–H groups in total. The van der Waals surface area contributed by atoms with Gasteiger partial charge in [0, 0.05) is 17.6 Å². The Labute approximate surface area is 76.3 Å². The van der Waals surface area contributed by atoms with Crippen LogP contribution in [0.15, 0.2) is 24.3 Å². The van der Waals surface area contributed by atoms with E-state index in [1.807, 2.05) is 12.1 Å². The molecule has 0 fully saturated rings. The first-order valence-electron chi connectivity index (χ1n) is 3.91. The van der Waals surface area contributed by atoms with E-state index in [4.69, 9.17) is 4.74 Å². The summed E-state index contributed by atoms with van der Waals surface area (Å²) in [6.07, 6.45) is 0. The monoisotopic (exact) mass is 181 g/mol. The second-order valence-electron chi connectivity index (χ2n) is 2.74. The Bertz CT molecular complexity index is 281. The molecular formula is C9H11NO3. The van der Waals surface area contributed by atoms with E-state index >= 15 is 0 Å². The average Bonchev–Trinajstić information content (AvgIpc) is 2.08. The normalized spacial score (nSPS) is 9.92. The van der Waals surface area contributed by atoms with Gasteiger partial charge in [0.25, 0.3) is 0 Å². The Hall–Kier alpha value is -1.42. The van der Waals surface area contributed by atoms with Crippen LogP contribution >= 0.6 is 0 Å². The summed E-state index contributed by atoms with van der Waals surface area (Å²) >= 11 is 0. The van der Waals surface area contributed by atoms with Crippen LogP contribution in [0.2, 0.25) is 0 Å². The van der Waals surface area contributed by atoms with Crippen molar-refractivity contribution in [1.29, 1.82) is 0 Å². The van der Waals surface area contributed by atoms with Crippen molar-refractivity contribution in [2.45, 2.75) is 13.2 Å². The van der Waals surface area contributed by atoms with Gasteiger partial charge in [0.15, 0.2) is 0 Å². The van der Waals surface area contributed by atoms with E-state index in [0.717, 1.165) is 5.56 Å². The molecule has 4 nitrogen and oxygen atoms in total. The lowest BCUT2D eigenvalue weighted by molar-refractivity contribution is -0.496. The molecule has 0 radical (unpaired) electrons. The third kappa shape index (κ3) is 3.21. The summed E-state index contributed by atoms with van der Waals surface area (Å²) < 4.78 is 4.91. The van der Waals surface area contributed by atoms with E-state index in [2.05, 4.69) is 0 Å². The Morgan fingerprint density at radius 3 is 2.31 bits per heavy atom. The minimum atomic E-state index is -0.342. The molecule has 0 spiro atoms. The maximum Gasteiger partial charge on any atom is 0.228 e. The van der Waals surface area contributed by atoms with Crippen molar-refractivity contribution in [3.63, 3.8) is 0 Å². The van der Waals surface area contributed by atoms with Crippen LogP contribution in [0.3, 0.4) is 0 Å². The van der Waals surface area contributed by atoms with Crippen LogP contribution in [-0.4, -0.2) is 12.0 Å². The number of rotatable bonds is 4. The van der Waals surface area contributed by atoms with Crippen molar-refractivity contribution in [2.75, 3.05) is 7.11 Å². The van der Waals surface area contributed by atoms with Crippen LogP contribution in [0.25, 0.3) is 0 Å². The van der Waals surface area contributed by atoms with Crippen molar-refractivity contribution >= 4 is 0 Å². The zero-order valence-electron chi connectivity index (χ0n) is 7.40. The zero-order chi connectivity index (χ0) is 9.68. The van der Waals surface area contributed by atoms with Gasteiger partial charge in [0.2, 0.25) is 6.54 Å². The Morgan fingerprint density at radius 2 is 1.85 bits per heavy atom. The van der Waals surface area contributed by atoms with Gasteiger partial charge >= 0.3 is 0 Å². The van der Waals surface area contributed by atoms with E-state index < -0.39 is 0 Å². The van der Waals surface area contributed by atoms with Gasteiger partial charge in [0.1, 0.15) is 0 Å². The summed E-state index contributed by atoms with van der Waals surface area (Å²) in [5, 5.41) is 10.2. The molecule has 13 heavy (non-hydrogen) atoms. The molecule has 0 aliphatic carbocycles. The molecule has 0 bridgehead atoms. The maximum atomic E-state index is 10.2. The van der Waals surface area contributed by atoms with Gasteiger partial charge in [-0.3, -0.25) is 10.1 Å². The summed E-state index contributed by atoms with van der Waals surface area (Å²) in [6.45, 7) is 0.423. The van der Waals surface area contributed by atoms with Gasteiger partial charge in [-0.05, 0) is 5.56 Å². The number of ether oxygens (including phenoxy) is 1. The molecule has 0 aliphatic heterocycles. The average molecular weight is 181 g/mol. The fourth-order valence-corrected chi connectivity index (χ4v) is 1.06. The third-order valence-corrected chi connectivity index (χ3v) is 1.65. The van der Waals surface area contributed by atoms with Crippen LogP contribution in [0, 0.1) is 10.1 Å². The number of nitro groups is 1. The molecule has 0 amide bonds. The van der Waals surface area contributed by atoms with E-state index in [0.29, 0.717) is 12.2 Å². The second kappa shape index (κ2) is 4.57. The smallest absolute Gasteiger partial charge is 0.228 e. The van der Waals surface area contributed by atoms with E-state index in [-0.39, 0.29) is 11.5 Å². The number of methoxy groups -OCH3 is 1. The zero-order valence-corrected chi connectivity index (χ0v) is 7.40. The van der Waals surface area contributed by atoms with Crippen molar-refractivity contribution in [1.82, 2.24) is 0 Å². The molecule has 1 aromatic carbocycles. The molecule has 0 heterocycles. The van der Waals surface area contributed by atoms with E-state index in [9.17, 15) is 10.1 Å². The molecule has 1 aromatic rings. The molecule has 1 rings (SSSR count). The van der Waals surface area contributed by atoms with Gasteiger partial charge < -0.3 is 4.74 Å². The molecule has 70 valence electrons. The predicted octanol–water partition coefficient (Wildman–Crippen LogP) is 1.61. The molecular weight excluding hydrogens is 170 g/mol. The number of hydrogen-bond acceptors (Lipinski definition) is 3. The predicted molar refractivity (Wildman–Crippen MR) is 47.9 cm³/mol. The van der Waals surface area contributed by atoms with Gasteiger partial charge in [-0.25, -0.2) is 0 Å². The fourth-order valence-electron chi connectivity index (χ4n) is 1.06. The molecule has 0 unspecified atom stereocenters. The number of benzene rings is 1. The van der Waals surface area contributed by atoms with E-state index in [1.54, 1.807) is 19.2 Å². The number of nitrogens with zero attached hydrogens (tertiary/aromatic N) is 1.